The summed E-state index contributed by atoms with van der Waals surface area (Å²) in [5.41, 5.74) is 1.54. The Bertz CT molecular complexity index is 929. The van der Waals surface area contributed by atoms with Crippen LogP contribution in [0.3, 0.4) is 0 Å². The summed E-state index contributed by atoms with van der Waals surface area (Å²) in [5.74, 6) is 0. The lowest BCUT2D eigenvalue weighted by molar-refractivity contribution is 0.00578. The van der Waals surface area contributed by atoms with Gasteiger partial charge in [0.2, 0.25) is 0 Å². The first kappa shape index (κ1) is 23.9. The van der Waals surface area contributed by atoms with Crippen molar-refractivity contribution in [3.8, 4) is 0 Å². The Morgan fingerprint density at radius 3 is 2.39 bits per heavy atom. The molecular formula is C23H26BBrClNO4. The number of carbonyl (C=O) groups excluding carboxylic acids is 1. The zero-order chi connectivity index (χ0) is 22.6. The second-order valence-electron chi connectivity index (χ2n) is 8.43. The third kappa shape index (κ3) is 6.36. The van der Waals surface area contributed by atoms with E-state index in [9.17, 15) is 4.79 Å². The fraction of sp³-hybridized carbons (Fsp3) is 0.348. The van der Waals surface area contributed by atoms with Gasteiger partial charge in [-0.2, -0.15) is 0 Å². The van der Waals surface area contributed by atoms with Gasteiger partial charge >= 0.3 is 13.2 Å². The van der Waals surface area contributed by atoms with Gasteiger partial charge in [0.25, 0.3) is 0 Å². The van der Waals surface area contributed by atoms with Crippen LogP contribution in [0, 0.1) is 0 Å². The minimum atomic E-state index is -0.614. The number of ether oxygens (including phenoxy) is 1. The molecule has 0 aliphatic carbocycles. The summed E-state index contributed by atoms with van der Waals surface area (Å²) in [6.07, 6.45) is 1.40. The third-order valence-electron chi connectivity index (χ3n) is 5.44. The summed E-state index contributed by atoms with van der Waals surface area (Å²) in [5, 5.41) is 3.40. The Kier molecular flexibility index (Phi) is 7.53. The van der Waals surface area contributed by atoms with Gasteiger partial charge in [-0.25, -0.2) is 4.79 Å². The van der Waals surface area contributed by atoms with Crippen LogP contribution in [0.2, 0.25) is 5.02 Å². The lowest BCUT2D eigenvalue weighted by atomic mass is 9.77. The number of amides is 1. The van der Waals surface area contributed by atoms with Gasteiger partial charge in [0.05, 0.1) is 11.2 Å². The van der Waals surface area contributed by atoms with E-state index in [-0.39, 0.29) is 13.2 Å². The van der Waals surface area contributed by atoms with Gasteiger partial charge in [-0.1, -0.05) is 63.9 Å². The summed E-state index contributed by atoms with van der Waals surface area (Å²) >= 11 is 9.66. The molecule has 8 heteroatoms. The fourth-order valence-corrected chi connectivity index (χ4v) is 3.90. The maximum atomic E-state index is 12.3. The number of hydrogen-bond acceptors (Lipinski definition) is 4. The van der Waals surface area contributed by atoms with Crippen molar-refractivity contribution in [2.24, 2.45) is 0 Å². The SMILES string of the molecule is CC1(C)OB(C(=Cc2cc(Cl)cc(Br)c2)CNC(=O)OCc2ccccc2)OC1(C)C. The molecule has 31 heavy (non-hydrogen) atoms. The van der Waals surface area contributed by atoms with E-state index in [0.29, 0.717) is 5.02 Å². The average Bonchev–Trinajstić information content (AvgIpc) is 2.90. The minimum absolute atomic E-state index is 0.198. The predicted octanol–water partition coefficient (Wildman–Crippen LogP) is 6.04. The molecule has 3 rings (SSSR count). The van der Waals surface area contributed by atoms with Crippen LogP contribution in [-0.2, 0) is 20.7 Å². The monoisotopic (exact) mass is 505 g/mol. The lowest BCUT2D eigenvalue weighted by Crippen LogP contribution is -2.41. The van der Waals surface area contributed by atoms with Crippen molar-refractivity contribution < 1.29 is 18.8 Å². The number of nitrogens with one attached hydrogen (secondary N) is 1. The molecule has 0 aromatic heterocycles. The van der Waals surface area contributed by atoms with Crippen LogP contribution in [0.1, 0.15) is 38.8 Å². The molecule has 2 aromatic carbocycles. The number of halogens is 2. The van der Waals surface area contributed by atoms with Gasteiger partial charge in [0.15, 0.2) is 0 Å². The van der Waals surface area contributed by atoms with Crippen molar-refractivity contribution >= 4 is 46.8 Å². The van der Waals surface area contributed by atoms with E-state index in [1.54, 1.807) is 0 Å². The standard InChI is InChI=1S/C23H26BBrClNO4/c1-22(2)23(3,4)31-24(30-22)18(10-17-11-19(25)13-20(26)12-17)14-27-21(28)29-15-16-8-6-5-7-9-16/h5-13H,14-15H2,1-4H3,(H,27,28). The Balaban J connectivity index is 1.74. The first-order valence-electron chi connectivity index (χ1n) is 10.0. The molecule has 0 saturated carbocycles. The van der Waals surface area contributed by atoms with Gasteiger partial charge in [0.1, 0.15) is 6.61 Å². The number of alkyl carbamates (subject to hydrolysis) is 1. The van der Waals surface area contributed by atoms with Crippen molar-refractivity contribution in [2.75, 3.05) is 6.54 Å². The number of hydrogen-bond donors (Lipinski definition) is 1. The zero-order valence-electron chi connectivity index (χ0n) is 18.1. The molecule has 0 bridgehead atoms. The van der Waals surface area contributed by atoms with Crippen LogP contribution >= 0.6 is 27.5 Å². The molecule has 1 N–H and O–H groups in total. The van der Waals surface area contributed by atoms with Gasteiger partial charge in [0, 0.05) is 16.0 Å². The summed E-state index contributed by atoms with van der Waals surface area (Å²) in [4.78, 5) is 12.3. The maximum Gasteiger partial charge on any atom is 0.492 e. The summed E-state index contributed by atoms with van der Waals surface area (Å²) < 4.78 is 18.6. The largest absolute Gasteiger partial charge is 0.492 e. The molecule has 1 heterocycles. The summed E-state index contributed by atoms with van der Waals surface area (Å²) in [7, 11) is -0.614. The van der Waals surface area contributed by atoms with Crippen molar-refractivity contribution in [1.82, 2.24) is 5.32 Å². The highest BCUT2D eigenvalue weighted by atomic mass is 79.9. The smallest absolute Gasteiger partial charge is 0.445 e. The van der Waals surface area contributed by atoms with Crippen molar-refractivity contribution in [2.45, 2.75) is 45.5 Å². The molecule has 5 nitrogen and oxygen atoms in total. The van der Waals surface area contributed by atoms with Crippen molar-refractivity contribution in [3.05, 3.63) is 74.6 Å². The van der Waals surface area contributed by atoms with E-state index in [4.69, 9.17) is 25.6 Å². The molecule has 1 aliphatic heterocycles. The van der Waals surface area contributed by atoms with Gasteiger partial charge in [-0.05, 0) is 62.5 Å². The number of benzene rings is 2. The molecule has 2 aromatic rings. The van der Waals surface area contributed by atoms with Crippen LogP contribution in [0.15, 0.2) is 58.5 Å². The van der Waals surface area contributed by atoms with Crippen LogP contribution in [-0.4, -0.2) is 31.0 Å². The molecule has 0 spiro atoms. The highest BCUT2D eigenvalue weighted by Crippen LogP contribution is 2.39. The van der Waals surface area contributed by atoms with E-state index in [0.717, 1.165) is 21.1 Å². The molecule has 0 radical (unpaired) electrons. The molecular weight excluding hydrogens is 480 g/mol. The van der Waals surface area contributed by atoms with Gasteiger partial charge in [-0.15, -0.1) is 0 Å². The molecule has 0 unspecified atom stereocenters. The van der Waals surface area contributed by atoms with E-state index in [1.165, 1.54) is 0 Å². The predicted molar refractivity (Wildman–Crippen MR) is 128 cm³/mol. The normalized spacial score (nSPS) is 17.5. The summed E-state index contributed by atoms with van der Waals surface area (Å²) in [6, 6.07) is 15.1. The fourth-order valence-electron chi connectivity index (χ4n) is 3.02. The van der Waals surface area contributed by atoms with E-state index in [2.05, 4.69) is 21.2 Å². The molecule has 0 atom stereocenters. The number of carbonyl (C=O) groups is 1. The molecule has 164 valence electrons. The van der Waals surface area contributed by atoms with Crippen molar-refractivity contribution in [3.63, 3.8) is 0 Å². The molecule has 1 saturated heterocycles. The van der Waals surface area contributed by atoms with E-state index >= 15 is 0 Å². The topological polar surface area (TPSA) is 56.8 Å². The van der Waals surface area contributed by atoms with Crippen LogP contribution in [0.25, 0.3) is 6.08 Å². The van der Waals surface area contributed by atoms with Crippen LogP contribution < -0.4 is 5.32 Å². The van der Waals surface area contributed by atoms with Gasteiger partial charge in [-0.3, -0.25) is 0 Å². The van der Waals surface area contributed by atoms with Gasteiger partial charge < -0.3 is 19.4 Å². The Hall–Kier alpha value is -1.80. The number of rotatable bonds is 6. The average molecular weight is 507 g/mol. The first-order valence-corrected chi connectivity index (χ1v) is 11.2. The highest BCUT2D eigenvalue weighted by molar-refractivity contribution is 9.10. The third-order valence-corrected chi connectivity index (χ3v) is 6.12. The Labute approximate surface area is 197 Å². The summed E-state index contributed by atoms with van der Waals surface area (Å²) in [6.45, 7) is 8.35. The van der Waals surface area contributed by atoms with Crippen molar-refractivity contribution in [1.29, 1.82) is 0 Å². The Morgan fingerprint density at radius 2 is 1.77 bits per heavy atom. The van der Waals surface area contributed by atoms with Crippen LogP contribution in [0.4, 0.5) is 4.79 Å². The lowest BCUT2D eigenvalue weighted by Gasteiger charge is -2.32. The minimum Gasteiger partial charge on any atom is -0.445 e. The van der Waals surface area contributed by atoms with E-state index < -0.39 is 24.4 Å². The Morgan fingerprint density at radius 1 is 1.13 bits per heavy atom. The second kappa shape index (κ2) is 9.78. The van der Waals surface area contributed by atoms with Crippen LogP contribution in [0.5, 0.6) is 0 Å². The second-order valence-corrected chi connectivity index (χ2v) is 9.78. The molecule has 1 amide bonds. The van der Waals surface area contributed by atoms with E-state index in [1.807, 2.05) is 82.3 Å². The highest BCUT2D eigenvalue weighted by Gasteiger charge is 2.52. The maximum absolute atomic E-state index is 12.3. The molecule has 1 fully saturated rings. The first-order chi connectivity index (χ1) is 14.6. The molecule has 1 aliphatic rings. The quantitative estimate of drug-likeness (QED) is 0.485. The zero-order valence-corrected chi connectivity index (χ0v) is 20.4.